The van der Waals surface area contributed by atoms with Crippen LogP contribution >= 0.6 is 0 Å². The lowest BCUT2D eigenvalue weighted by Gasteiger charge is -1.98. The van der Waals surface area contributed by atoms with E-state index in [0.29, 0.717) is 5.92 Å². The van der Waals surface area contributed by atoms with E-state index < -0.39 is 0 Å². The fourth-order valence-electron chi connectivity index (χ4n) is 1.53. The number of hydrogen-bond donors (Lipinski definition) is 0. The Morgan fingerprint density at radius 1 is 1.40 bits per heavy atom. The van der Waals surface area contributed by atoms with Gasteiger partial charge in [0.05, 0.1) is 0 Å². The molecule has 0 N–H and O–H groups in total. The number of hydrogen-bond acceptors (Lipinski definition) is 3. The average molecular weight is 138 g/mol. The third kappa shape index (κ3) is 0.916. The lowest BCUT2D eigenvalue weighted by atomic mass is 10.1. The quantitative estimate of drug-likeness (QED) is 0.593. The van der Waals surface area contributed by atoms with E-state index in [1.54, 1.807) is 0 Å². The van der Waals surface area contributed by atoms with Crippen molar-refractivity contribution in [3.05, 3.63) is 12.2 Å². The van der Waals surface area contributed by atoms with E-state index in [0.717, 1.165) is 5.89 Å². The summed E-state index contributed by atoms with van der Waals surface area (Å²) in [6.07, 6.45) is 6.55. The maximum absolute atomic E-state index is 4.96. The van der Waals surface area contributed by atoms with Crippen LogP contribution in [0.3, 0.4) is 0 Å². The van der Waals surface area contributed by atoms with Crippen LogP contribution in [0, 0.1) is 0 Å². The van der Waals surface area contributed by atoms with Crippen molar-refractivity contribution in [3.63, 3.8) is 0 Å². The molecule has 0 amide bonds. The lowest BCUT2D eigenvalue weighted by molar-refractivity contribution is 0.353. The van der Waals surface area contributed by atoms with Gasteiger partial charge >= 0.3 is 0 Å². The molecule has 3 nitrogen and oxygen atoms in total. The first-order valence-electron chi connectivity index (χ1n) is 3.73. The molecule has 0 atom stereocenters. The molecule has 1 aliphatic carbocycles. The molecular weight excluding hydrogens is 128 g/mol. The normalized spacial score (nSPS) is 20.0. The van der Waals surface area contributed by atoms with Crippen molar-refractivity contribution in [2.45, 2.75) is 31.6 Å². The molecule has 54 valence electrons. The number of nitrogens with zero attached hydrogens (tertiary/aromatic N) is 2. The molecule has 1 aromatic heterocycles. The van der Waals surface area contributed by atoms with E-state index in [9.17, 15) is 0 Å². The smallest absolute Gasteiger partial charge is 0.229 e. The van der Waals surface area contributed by atoms with Crippen molar-refractivity contribution in [1.82, 2.24) is 10.1 Å². The monoisotopic (exact) mass is 138 g/mol. The molecule has 2 rings (SSSR count). The molecule has 1 fully saturated rings. The molecule has 0 spiro atoms. The first-order valence-corrected chi connectivity index (χ1v) is 3.73. The van der Waals surface area contributed by atoms with Crippen LogP contribution in [0.2, 0.25) is 0 Å². The summed E-state index contributed by atoms with van der Waals surface area (Å²) < 4.78 is 4.96. The predicted molar refractivity (Wildman–Crippen MR) is 35.5 cm³/mol. The highest BCUT2D eigenvalue weighted by atomic mass is 16.5. The second kappa shape index (κ2) is 2.40. The van der Waals surface area contributed by atoms with Crippen molar-refractivity contribution in [2.75, 3.05) is 0 Å². The van der Waals surface area contributed by atoms with Crippen molar-refractivity contribution in [3.8, 4) is 0 Å². The van der Waals surface area contributed by atoms with Gasteiger partial charge in [-0.2, -0.15) is 4.98 Å². The first-order chi connectivity index (χ1) is 4.97. The van der Waals surface area contributed by atoms with E-state index in [1.165, 1.54) is 32.0 Å². The second-order valence-corrected chi connectivity index (χ2v) is 2.76. The minimum absolute atomic E-state index is 0.558. The SMILES string of the molecule is c1noc(C2CCCC2)n1. The zero-order valence-corrected chi connectivity index (χ0v) is 5.79. The largest absolute Gasteiger partial charge is 0.339 e. The molecule has 1 heterocycles. The topological polar surface area (TPSA) is 38.9 Å². The molecule has 1 aliphatic rings. The predicted octanol–water partition coefficient (Wildman–Crippen LogP) is 1.73. The minimum atomic E-state index is 0.558. The minimum Gasteiger partial charge on any atom is -0.339 e. The van der Waals surface area contributed by atoms with Crippen LogP contribution in [0.4, 0.5) is 0 Å². The molecule has 3 heteroatoms. The molecule has 0 aromatic carbocycles. The van der Waals surface area contributed by atoms with E-state index >= 15 is 0 Å². The summed E-state index contributed by atoms with van der Waals surface area (Å²) in [5, 5.41) is 3.58. The summed E-state index contributed by atoms with van der Waals surface area (Å²) in [7, 11) is 0. The summed E-state index contributed by atoms with van der Waals surface area (Å²) in [5.74, 6) is 1.39. The van der Waals surface area contributed by atoms with Crippen LogP contribution in [-0.2, 0) is 0 Å². The highest BCUT2D eigenvalue weighted by Gasteiger charge is 2.20. The Morgan fingerprint density at radius 2 is 2.20 bits per heavy atom. The van der Waals surface area contributed by atoms with Crippen LogP contribution < -0.4 is 0 Å². The van der Waals surface area contributed by atoms with Gasteiger partial charge in [-0.3, -0.25) is 0 Å². The van der Waals surface area contributed by atoms with Crippen LogP contribution in [0.1, 0.15) is 37.5 Å². The second-order valence-electron chi connectivity index (χ2n) is 2.76. The summed E-state index contributed by atoms with van der Waals surface area (Å²) in [4.78, 5) is 4.02. The van der Waals surface area contributed by atoms with Crippen molar-refractivity contribution < 1.29 is 4.52 Å². The Bertz CT molecular complexity index is 189. The Labute approximate surface area is 59.4 Å². The molecule has 1 aromatic rings. The maximum Gasteiger partial charge on any atom is 0.229 e. The van der Waals surface area contributed by atoms with Gasteiger partial charge in [-0.25, -0.2) is 0 Å². The van der Waals surface area contributed by atoms with Crippen LogP contribution in [0.25, 0.3) is 0 Å². The number of aromatic nitrogens is 2. The first kappa shape index (κ1) is 5.89. The standard InChI is InChI=1S/C7H10N2O/c1-2-4-6(3-1)7-8-5-9-10-7/h5-6H,1-4H2. The zero-order chi connectivity index (χ0) is 6.81. The molecule has 0 bridgehead atoms. The van der Waals surface area contributed by atoms with E-state index in [2.05, 4.69) is 10.1 Å². The molecule has 0 radical (unpaired) electrons. The zero-order valence-electron chi connectivity index (χ0n) is 5.79. The fraction of sp³-hybridized carbons (Fsp3) is 0.714. The van der Waals surface area contributed by atoms with Gasteiger partial charge in [-0.15, -0.1) is 0 Å². The van der Waals surface area contributed by atoms with Crippen molar-refractivity contribution in [1.29, 1.82) is 0 Å². The third-order valence-corrected chi connectivity index (χ3v) is 2.08. The van der Waals surface area contributed by atoms with Gasteiger partial charge < -0.3 is 4.52 Å². The highest BCUT2D eigenvalue weighted by molar-refractivity contribution is 4.91. The molecule has 1 saturated carbocycles. The van der Waals surface area contributed by atoms with Gasteiger partial charge in [0, 0.05) is 5.92 Å². The third-order valence-electron chi connectivity index (χ3n) is 2.08. The fourth-order valence-corrected chi connectivity index (χ4v) is 1.53. The van der Waals surface area contributed by atoms with Crippen LogP contribution in [0.15, 0.2) is 10.9 Å². The Hall–Kier alpha value is -0.860. The average Bonchev–Trinajstić information content (AvgIpc) is 2.59. The van der Waals surface area contributed by atoms with Gasteiger partial charge in [0.15, 0.2) is 6.33 Å². The van der Waals surface area contributed by atoms with Gasteiger partial charge in [-0.05, 0) is 12.8 Å². The van der Waals surface area contributed by atoms with E-state index in [4.69, 9.17) is 4.52 Å². The molecular formula is C7H10N2O. The summed E-state index contributed by atoms with van der Waals surface area (Å²) >= 11 is 0. The molecule has 0 aliphatic heterocycles. The Balaban J connectivity index is 2.12. The maximum atomic E-state index is 4.96. The number of rotatable bonds is 1. The van der Waals surface area contributed by atoms with Gasteiger partial charge in [0.25, 0.3) is 0 Å². The van der Waals surface area contributed by atoms with Crippen LogP contribution in [-0.4, -0.2) is 10.1 Å². The van der Waals surface area contributed by atoms with Gasteiger partial charge in [0.2, 0.25) is 5.89 Å². The summed E-state index contributed by atoms with van der Waals surface area (Å²) in [6.45, 7) is 0. The summed E-state index contributed by atoms with van der Waals surface area (Å²) in [6, 6.07) is 0. The Kier molecular flexibility index (Phi) is 1.42. The van der Waals surface area contributed by atoms with Gasteiger partial charge in [-0.1, -0.05) is 18.0 Å². The van der Waals surface area contributed by atoms with Crippen LogP contribution in [0.5, 0.6) is 0 Å². The van der Waals surface area contributed by atoms with E-state index in [-0.39, 0.29) is 0 Å². The van der Waals surface area contributed by atoms with Crippen molar-refractivity contribution in [2.24, 2.45) is 0 Å². The van der Waals surface area contributed by atoms with E-state index in [1.807, 2.05) is 0 Å². The molecule has 0 saturated heterocycles. The Morgan fingerprint density at radius 3 is 2.80 bits per heavy atom. The lowest BCUT2D eigenvalue weighted by Crippen LogP contribution is -1.90. The molecule has 0 unspecified atom stereocenters. The van der Waals surface area contributed by atoms with Crippen molar-refractivity contribution >= 4 is 0 Å². The molecule has 10 heavy (non-hydrogen) atoms. The summed E-state index contributed by atoms with van der Waals surface area (Å²) in [5.41, 5.74) is 0. The van der Waals surface area contributed by atoms with Gasteiger partial charge in [0.1, 0.15) is 0 Å². The highest BCUT2D eigenvalue weighted by Crippen LogP contribution is 2.32.